The SMILES string of the molecule is CCc1c(NC)ncnc1N1CCC(N2CCCCC2)C1. The van der Waals surface area contributed by atoms with Gasteiger partial charge in [0, 0.05) is 31.7 Å². The van der Waals surface area contributed by atoms with Crippen LogP contribution in [0, 0.1) is 0 Å². The Kier molecular flexibility index (Phi) is 4.58. The minimum absolute atomic E-state index is 0.711. The van der Waals surface area contributed by atoms with Gasteiger partial charge in [-0.3, -0.25) is 4.90 Å². The van der Waals surface area contributed by atoms with E-state index in [2.05, 4.69) is 32.0 Å². The van der Waals surface area contributed by atoms with Gasteiger partial charge in [-0.2, -0.15) is 0 Å². The highest BCUT2D eigenvalue weighted by Crippen LogP contribution is 2.29. The van der Waals surface area contributed by atoms with Crippen LogP contribution in [0.2, 0.25) is 0 Å². The van der Waals surface area contributed by atoms with Crippen LogP contribution in [-0.2, 0) is 6.42 Å². The largest absolute Gasteiger partial charge is 0.373 e. The number of aromatic nitrogens is 2. The molecule has 1 aromatic rings. The van der Waals surface area contributed by atoms with Crippen LogP contribution < -0.4 is 10.2 Å². The van der Waals surface area contributed by atoms with E-state index in [1.807, 2.05) is 7.05 Å². The molecule has 1 unspecified atom stereocenters. The third-order valence-corrected chi connectivity index (χ3v) is 4.88. The Morgan fingerprint density at radius 2 is 2.00 bits per heavy atom. The van der Waals surface area contributed by atoms with Gasteiger partial charge in [-0.1, -0.05) is 13.3 Å². The molecule has 2 aliphatic rings. The Morgan fingerprint density at radius 1 is 1.19 bits per heavy atom. The molecule has 21 heavy (non-hydrogen) atoms. The Bertz CT molecular complexity index is 470. The summed E-state index contributed by atoms with van der Waals surface area (Å²) in [6, 6.07) is 0.711. The van der Waals surface area contributed by atoms with Gasteiger partial charge in [0.05, 0.1) is 0 Å². The Morgan fingerprint density at radius 3 is 2.71 bits per heavy atom. The summed E-state index contributed by atoms with van der Waals surface area (Å²) in [5.41, 5.74) is 1.25. The fourth-order valence-corrected chi connectivity index (χ4v) is 3.73. The monoisotopic (exact) mass is 289 g/mol. The summed E-state index contributed by atoms with van der Waals surface area (Å²) in [5, 5.41) is 3.20. The van der Waals surface area contributed by atoms with Crippen molar-refractivity contribution < 1.29 is 0 Å². The van der Waals surface area contributed by atoms with Crippen molar-refractivity contribution in [3.05, 3.63) is 11.9 Å². The van der Waals surface area contributed by atoms with E-state index in [1.54, 1.807) is 6.33 Å². The van der Waals surface area contributed by atoms with Crippen LogP contribution >= 0.6 is 0 Å². The van der Waals surface area contributed by atoms with E-state index in [9.17, 15) is 0 Å². The Hall–Kier alpha value is -1.36. The molecule has 0 spiro atoms. The number of likely N-dealkylation sites (tertiary alicyclic amines) is 1. The van der Waals surface area contributed by atoms with Gasteiger partial charge in [0.25, 0.3) is 0 Å². The minimum Gasteiger partial charge on any atom is -0.373 e. The predicted octanol–water partition coefficient (Wildman–Crippen LogP) is 2.15. The molecule has 0 saturated carbocycles. The number of hydrogen-bond acceptors (Lipinski definition) is 5. The number of hydrogen-bond donors (Lipinski definition) is 1. The summed E-state index contributed by atoms with van der Waals surface area (Å²) in [7, 11) is 1.94. The van der Waals surface area contributed by atoms with E-state index in [1.165, 1.54) is 44.3 Å². The molecular formula is C16H27N5. The summed E-state index contributed by atoms with van der Waals surface area (Å²) in [6.45, 7) is 6.98. The van der Waals surface area contributed by atoms with Crippen molar-refractivity contribution in [2.75, 3.05) is 43.4 Å². The molecule has 0 radical (unpaired) electrons. The first-order valence-corrected chi connectivity index (χ1v) is 8.34. The number of piperidine rings is 1. The third-order valence-electron chi connectivity index (χ3n) is 4.88. The van der Waals surface area contributed by atoms with Crippen molar-refractivity contribution in [2.24, 2.45) is 0 Å². The molecule has 5 heteroatoms. The Labute approximate surface area is 127 Å². The lowest BCUT2D eigenvalue weighted by Crippen LogP contribution is -2.41. The molecule has 5 nitrogen and oxygen atoms in total. The maximum atomic E-state index is 4.58. The molecule has 3 heterocycles. The molecule has 1 aromatic heterocycles. The zero-order chi connectivity index (χ0) is 14.7. The van der Waals surface area contributed by atoms with Crippen molar-refractivity contribution in [3.63, 3.8) is 0 Å². The van der Waals surface area contributed by atoms with Crippen LogP contribution in [-0.4, -0.2) is 54.1 Å². The van der Waals surface area contributed by atoms with Crippen molar-refractivity contribution in [3.8, 4) is 0 Å². The number of anilines is 2. The van der Waals surface area contributed by atoms with Crippen LogP contribution in [0.25, 0.3) is 0 Å². The van der Waals surface area contributed by atoms with Crippen LogP contribution in [0.15, 0.2) is 6.33 Å². The molecule has 2 aliphatic heterocycles. The standard InChI is InChI=1S/C16H27N5/c1-3-14-15(17-2)18-12-19-16(14)21-10-7-13(11-21)20-8-5-4-6-9-20/h12-13H,3-11H2,1-2H3,(H,17,18,19). The lowest BCUT2D eigenvalue weighted by Gasteiger charge is -2.32. The summed E-state index contributed by atoms with van der Waals surface area (Å²) in [5.74, 6) is 2.11. The van der Waals surface area contributed by atoms with Crippen LogP contribution in [0.4, 0.5) is 11.6 Å². The van der Waals surface area contributed by atoms with Crippen molar-refractivity contribution in [2.45, 2.75) is 45.1 Å². The highest BCUT2D eigenvalue weighted by Gasteiger charge is 2.30. The third kappa shape index (κ3) is 2.98. The second-order valence-electron chi connectivity index (χ2n) is 6.11. The molecule has 0 aliphatic carbocycles. The zero-order valence-electron chi connectivity index (χ0n) is 13.3. The number of nitrogens with one attached hydrogen (secondary N) is 1. The summed E-state index contributed by atoms with van der Waals surface area (Å²) < 4.78 is 0. The van der Waals surface area contributed by atoms with Gasteiger partial charge in [0.1, 0.15) is 18.0 Å². The van der Waals surface area contributed by atoms with Gasteiger partial charge >= 0.3 is 0 Å². The fraction of sp³-hybridized carbons (Fsp3) is 0.750. The van der Waals surface area contributed by atoms with Crippen molar-refractivity contribution in [1.82, 2.24) is 14.9 Å². The number of rotatable bonds is 4. The molecule has 2 saturated heterocycles. The van der Waals surface area contributed by atoms with E-state index < -0.39 is 0 Å². The highest BCUT2D eigenvalue weighted by atomic mass is 15.3. The molecule has 1 N–H and O–H groups in total. The second kappa shape index (κ2) is 6.60. The van der Waals surface area contributed by atoms with Gasteiger partial charge < -0.3 is 10.2 Å². The van der Waals surface area contributed by atoms with E-state index in [0.29, 0.717) is 6.04 Å². The second-order valence-corrected chi connectivity index (χ2v) is 6.11. The fourth-order valence-electron chi connectivity index (χ4n) is 3.73. The minimum atomic E-state index is 0.711. The lowest BCUT2D eigenvalue weighted by molar-refractivity contribution is 0.174. The van der Waals surface area contributed by atoms with Gasteiger partial charge in [0.15, 0.2) is 0 Å². The first-order chi connectivity index (χ1) is 10.3. The maximum absolute atomic E-state index is 4.58. The predicted molar refractivity (Wildman–Crippen MR) is 87.0 cm³/mol. The average molecular weight is 289 g/mol. The Balaban J connectivity index is 1.73. The lowest BCUT2D eigenvalue weighted by atomic mass is 10.1. The topological polar surface area (TPSA) is 44.3 Å². The first kappa shape index (κ1) is 14.6. The van der Waals surface area contributed by atoms with Crippen molar-refractivity contribution >= 4 is 11.6 Å². The van der Waals surface area contributed by atoms with Gasteiger partial charge in [-0.15, -0.1) is 0 Å². The molecule has 1 atom stereocenters. The highest BCUT2D eigenvalue weighted by molar-refractivity contribution is 5.59. The molecular weight excluding hydrogens is 262 g/mol. The molecule has 116 valence electrons. The quantitative estimate of drug-likeness (QED) is 0.920. The molecule has 0 amide bonds. The van der Waals surface area contributed by atoms with Gasteiger partial charge in [0.2, 0.25) is 0 Å². The van der Waals surface area contributed by atoms with E-state index >= 15 is 0 Å². The van der Waals surface area contributed by atoms with Gasteiger partial charge in [-0.05, 0) is 38.8 Å². The zero-order valence-corrected chi connectivity index (χ0v) is 13.3. The smallest absolute Gasteiger partial charge is 0.137 e. The van der Waals surface area contributed by atoms with E-state index in [4.69, 9.17) is 0 Å². The maximum Gasteiger partial charge on any atom is 0.137 e. The van der Waals surface area contributed by atoms with E-state index in [-0.39, 0.29) is 0 Å². The van der Waals surface area contributed by atoms with Gasteiger partial charge in [-0.25, -0.2) is 9.97 Å². The normalized spacial score (nSPS) is 23.5. The van der Waals surface area contributed by atoms with Crippen molar-refractivity contribution in [1.29, 1.82) is 0 Å². The molecule has 3 rings (SSSR count). The van der Waals surface area contributed by atoms with Crippen LogP contribution in [0.3, 0.4) is 0 Å². The van der Waals surface area contributed by atoms with E-state index in [0.717, 1.165) is 31.1 Å². The molecule has 0 aromatic carbocycles. The first-order valence-electron chi connectivity index (χ1n) is 8.34. The summed E-state index contributed by atoms with van der Waals surface area (Å²) in [4.78, 5) is 14.1. The van der Waals surface area contributed by atoms with Crippen LogP contribution in [0.1, 0.15) is 38.2 Å². The molecule has 2 fully saturated rings. The summed E-state index contributed by atoms with van der Waals surface area (Å²) >= 11 is 0. The average Bonchev–Trinajstić information content (AvgIpc) is 3.04. The van der Waals surface area contributed by atoms with Crippen LogP contribution in [0.5, 0.6) is 0 Å². The summed E-state index contributed by atoms with van der Waals surface area (Å²) in [6.07, 6.45) is 8.07. The number of nitrogens with zero attached hydrogens (tertiary/aromatic N) is 4. The molecule has 0 bridgehead atoms.